The van der Waals surface area contributed by atoms with Gasteiger partial charge in [0.1, 0.15) is 0 Å². The Bertz CT molecular complexity index is 1170. The van der Waals surface area contributed by atoms with Crippen molar-refractivity contribution in [1.82, 2.24) is 0 Å². The van der Waals surface area contributed by atoms with Crippen molar-refractivity contribution >= 4 is 47.7 Å². The zero-order valence-corrected chi connectivity index (χ0v) is 25.1. The van der Waals surface area contributed by atoms with Crippen LogP contribution < -0.4 is 31.8 Å². The van der Waals surface area contributed by atoms with Crippen molar-refractivity contribution < 1.29 is 19.5 Å². The fraction of sp³-hybridized carbons (Fsp3) is 0. The first-order chi connectivity index (χ1) is 18.9. The Morgan fingerprint density at radius 2 is 0.333 bits per heavy atom. The fourth-order valence-electron chi connectivity index (χ4n) is 4.36. The molecule has 190 valence electrons. The molecule has 0 saturated heterocycles. The topological polar surface area (TPSA) is 0 Å². The van der Waals surface area contributed by atoms with Crippen molar-refractivity contribution in [3.8, 4) is 0 Å². The number of rotatable bonds is 6. The first kappa shape index (κ1) is 28.8. The molecule has 0 fully saturated rings. The van der Waals surface area contributed by atoms with Gasteiger partial charge in [-0.2, -0.15) is 0 Å². The third-order valence-corrected chi connectivity index (χ3v) is 11.0. The van der Waals surface area contributed by atoms with E-state index in [1.54, 1.807) is 0 Å². The number of hydrogen-bond acceptors (Lipinski definition) is 0. The normalized spacial score (nSPS) is 10.3. The van der Waals surface area contributed by atoms with Gasteiger partial charge in [0.25, 0.3) is 0 Å². The Morgan fingerprint density at radius 3 is 0.462 bits per heavy atom. The first-order valence-electron chi connectivity index (χ1n) is 12.8. The van der Waals surface area contributed by atoms with Crippen LogP contribution in [0, 0.1) is 0 Å². The molecular formula is C36H30P2Ru+2. The van der Waals surface area contributed by atoms with E-state index >= 15 is 0 Å². The second kappa shape index (κ2) is 15.4. The summed E-state index contributed by atoms with van der Waals surface area (Å²) in [6, 6.07) is 64.7. The average molecular weight is 626 g/mol. The van der Waals surface area contributed by atoms with Gasteiger partial charge in [-0.25, -0.2) is 0 Å². The van der Waals surface area contributed by atoms with Gasteiger partial charge in [0.05, 0.1) is 0 Å². The van der Waals surface area contributed by atoms with Crippen molar-refractivity contribution in [3.05, 3.63) is 182 Å². The van der Waals surface area contributed by atoms with E-state index in [-0.39, 0.29) is 19.5 Å². The molecule has 0 heterocycles. The molecule has 3 heteroatoms. The molecule has 0 radical (unpaired) electrons. The molecule has 0 aliphatic heterocycles. The summed E-state index contributed by atoms with van der Waals surface area (Å²) in [4.78, 5) is 0. The smallest absolute Gasteiger partial charge is 0.0622 e. The van der Waals surface area contributed by atoms with Gasteiger partial charge in [0, 0.05) is 0 Å². The Labute approximate surface area is 248 Å². The van der Waals surface area contributed by atoms with E-state index in [1.807, 2.05) is 0 Å². The van der Waals surface area contributed by atoms with Crippen LogP contribution in [0.1, 0.15) is 0 Å². The molecule has 0 amide bonds. The second-order valence-electron chi connectivity index (χ2n) is 8.68. The van der Waals surface area contributed by atoms with Crippen LogP contribution in [-0.4, -0.2) is 0 Å². The summed E-state index contributed by atoms with van der Waals surface area (Å²) in [5.41, 5.74) is 0. The predicted molar refractivity (Wildman–Crippen MR) is 170 cm³/mol. The molecule has 0 nitrogen and oxygen atoms in total. The Kier molecular flexibility index (Phi) is 11.4. The van der Waals surface area contributed by atoms with Crippen molar-refractivity contribution in [2.75, 3.05) is 0 Å². The SMILES string of the molecule is [Ru+2].c1ccc(P(c2ccccc2)c2ccccc2)cc1.c1ccc(P(c2ccccc2)c2ccccc2)cc1. The largest absolute Gasteiger partial charge is 2.00 e. The summed E-state index contributed by atoms with van der Waals surface area (Å²) >= 11 is 0. The third-order valence-electron chi connectivity index (χ3n) is 6.09. The van der Waals surface area contributed by atoms with Crippen LogP contribution >= 0.6 is 15.8 Å². The van der Waals surface area contributed by atoms with E-state index in [9.17, 15) is 0 Å². The molecule has 0 spiro atoms. The fourth-order valence-corrected chi connectivity index (χ4v) is 8.97. The minimum Gasteiger partial charge on any atom is -0.0622 e. The van der Waals surface area contributed by atoms with E-state index in [0.29, 0.717) is 0 Å². The molecule has 0 atom stereocenters. The van der Waals surface area contributed by atoms with Crippen molar-refractivity contribution in [2.24, 2.45) is 0 Å². The predicted octanol–water partition coefficient (Wildman–Crippen LogP) is 6.89. The molecule has 6 rings (SSSR count). The Morgan fingerprint density at radius 1 is 0.205 bits per heavy atom. The molecule has 0 saturated carbocycles. The van der Waals surface area contributed by atoms with Crippen LogP contribution in [0.3, 0.4) is 0 Å². The number of benzene rings is 6. The maximum Gasteiger partial charge on any atom is 2.00 e. The minimum atomic E-state index is -0.446. The van der Waals surface area contributed by atoms with Gasteiger partial charge in [-0.3, -0.25) is 0 Å². The van der Waals surface area contributed by atoms with E-state index in [2.05, 4.69) is 182 Å². The first-order valence-corrected chi connectivity index (χ1v) is 15.5. The molecule has 0 unspecified atom stereocenters. The molecular weight excluding hydrogens is 595 g/mol. The zero-order valence-electron chi connectivity index (χ0n) is 21.6. The van der Waals surface area contributed by atoms with E-state index in [0.717, 1.165) is 0 Å². The minimum absolute atomic E-state index is 0. The van der Waals surface area contributed by atoms with Crippen LogP contribution in [-0.2, 0) is 19.5 Å². The Balaban J connectivity index is 0.000000176. The van der Waals surface area contributed by atoms with Gasteiger partial charge in [0.15, 0.2) is 0 Å². The second-order valence-corrected chi connectivity index (χ2v) is 13.1. The van der Waals surface area contributed by atoms with Crippen LogP contribution in [0.25, 0.3) is 0 Å². The maximum atomic E-state index is 2.23. The number of hydrogen-bond donors (Lipinski definition) is 0. The standard InChI is InChI=1S/2C18H15P.Ru/c2*1-4-10-16(11-5-1)19(17-12-6-2-7-13-17)18-14-8-3-9-15-18;/h2*1-15H;/q;;+2. The van der Waals surface area contributed by atoms with E-state index in [4.69, 9.17) is 0 Å². The quantitative estimate of drug-likeness (QED) is 0.140. The van der Waals surface area contributed by atoms with Crippen LogP contribution in [0.4, 0.5) is 0 Å². The monoisotopic (exact) mass is 626 g/mol. The molecule has 0 N–H and O–H groups in total. The molecule has 0 bridgehead atoms. The molecule has 6 aromatic rings. The maximum absolute atomic E-state index is 2.23. The third kappa shape index (κ3) is 7.91. The van der Waals surface area contributed by atoms with Gasteiger partial charge in [-0.05, 0) is 47.7 Å². The summed E-state index contributed by atoms with van der Waals surface area (Å²) in [6.45, 7) is 0. The summed E-state index contributed by atoms with van der Waals surface area (Å²) in [5, 5.41) is 8.39. The van der Waals surface area contributed by atoms with E-state index < -0.39 is 15.8 Å². The Hall–Kier alpha value is -3.20. The molecule has 6 aromatic carbocycles. The van der Waals surface area contributed by atoms with Gasteiger partial charge in [0.2, 0.25) is 0 Å². The molecule has 39 heavy (non-hydrogen) atoms. The van der Waals surface area contributed by atoms with Crippen LogP contribution in [0.5, 0.6) is 0 Å². The average Bonchev–Trinajstić information content (AvgIpc) is 3.01. The van der Waals surface area contributed by atoms with E-state index in [1.165, 1.54) is 31.8 Å². The summed E-state index contributed by atoms with van der Waals surface area (Å²) in [6.07, 6.45) is 0. The van der Waals surface area contributed by atoms with Gasteiger partial charge in [-0.15, -0.1) is 0 Å². The van der Waals surface area contributed by atoms with Crippen molar-refractivity contribution in [1.29, 1.82) is 0 Å². The van der Waals surface area contributed by atoms with Crippen LogP contribution in [0.15, 0.2) is 182 Å². The van der Waals surface area contributed by atoms with Crippen molar-refractivity contribution in [3.63, 3.8) is 0 Å². The van der Waals surface area contributed by atoms with Gasteiger partial charge in [-0.1, -0.05) is 182 Å². The van der Waals surface area contributed by atoms with Gasteiger partial charge >= 0.3 is 19.5 Å². The van der Waals surface area contributed by atoms with Gasteiger partial charge < -0.3 is 0 Å². The molecule has 0 aliphatic rings. The van der Waals surface area contributed by atoms with Crippen LogP contribution in [0.2, 0.25) is 0 Å². The molecule has 0 aromatic heterocycles. The zero-order chi connectivity index (χ0) is 25.8. The summed E-state index contributed by atoms with van der Waals surface area (Å²) in [5.74, 6) is 0. The van der Waals surface area contributed by atoms with Crippen molar-refractivity contribution in [2.45, 2.75) is 0 Å². The molecule has 0 aliphatic carbocycles. The summed E-state index contributed by atoms with van der Waals surface area (Å²) in [7, 11) is -0.892. The summed E-state index contributed by atoms with van der Waals surface area (Å²) < 4.78 is 0.